The van der Waals surface area contributed by atoms with Crippen LogP contribution in [-0.2, 0) is 0 Å². The Kier molecular flexibility index (Phi) is 5.29. The molecule has 0 nitrogen and oxygen atoms in total. The summed E-state index contributed by atoms with van der Waals surface area (Å²) < 4.78 is 0. The van der Waals surface area contributed by atoms with Crippen molar-refractivity contribution in [3.63, 3.8) is 0 Å². The quantitative estimate of drug-likeness (QED) is 0.551. The second-order valence-electron chi connectivity index (χ2n) is 4.93. The van der Waals surface area contributed by atoms with Gasteiger partial charge in [-0.15, -0.1) is 0 Å². The monoisotopic (exact) mass is 194 g/mol. The molecule has 0 aromatic carbocycles. The summed E-state index contributed by atoms with van der Waals surface area (Å²) in [6, 6.07) is 0. The van der Waals surface area contributed by atoms with E-state index in [2.05, 4.69) is 32.9 Å². The Hall–Kier alpha value is -0.260. The van der Waals surface area contributed by atoms with Crippen molar-refractivity contribution in [3.8, 4) is 0 Å². The highest BCUT2D eigenvalue weighted by Crippen LogP contribution is 2.32. The van der Waals surface area contributed by atoms with Crippen LogP contribution in [0.25, 0.3) is 0 Å². The highest BCUT2D eigenvalue weighted by Gasteiger charge is 2.19. The molecular formula is C14H26. The first-order chi connectivity index (χ1) is 6.77. The molecule has 14 heavy (non-hydrogen) atoms. The topological polar surface area (TPSA) is 0 Å². The number of hydrogen-bond donors (Lipinski definition) is 0. The van der Waals surface area contributed by atoms with Gasteiger partial charge in [-0.05, 0) is 43.4 Å². The van der Waals surface area contributed by atoms with E-state index in [1.807, 2.05) is 0 Å². The van der Waals surface area contributed by atoms with E-state index in [4.69, 9.17) is 0 Å². The van der Waals surface area contributed by atoms with Crippen LogP contribution >= 0.6 is 0 Å². The summed E-state index contributed by atoms with van der Waals surface area (Å²) in [5.74, 6) is 2.80. The summed E-state index contributed by atoms with van der Waals surface area (Å²) in [4.78, 5) is 0. The molecular weight excluding hydrogens is 168 g/mol. The first-order valence-electron chi connectivity index (χ1n) is 6.44. The summed E-state index contributed by atoms with van der Waals surface area (Å²) in [5.41, 5.74) is 0. The predicted molar refractivity (Wildman–Crippen MR) is 64.3 cm³/mol. The molecule has 0 fully saturated rings. The van der Waals surface area contributed by atoms with Crippen LogP contribution in [0.1, 0.15) is 59.3 Å². The molecule has 0 amide bonds. The Balaban J connectivity index is 2.31. The molecule has 3 unspecified atom stereocenters. The van der Waals surface area contributed by atoms with Gasteiger partial charge in [0.25, 0.3) is 0 Å². The van der Waals surface area contributed by atoms with E-state index in [0.717, 1.165) is 17.8 Å². The Morgan fingerprint density at radius 1 is 1.36 bits per heavy atom. The lowest BCUT2D eigenvalue weighted by molar-refractivity contribution is 0.298. The summed E-state index contributed by atoms with van der Waals surface area (Å²) in [6.45, 7) is 7.03. The fraction of sp³-hybridized carbons (Fsp3) is 0.857. The van der Waals surface area contributed by atoms with Gasteiger partial charge in [-0.3, -0.25) is 0 Å². The van der Waals surface area contributed by atoms with Crippen molar-refractivity contribution in [1.29, 1.82) is 0 Å². The fourth-order valence-electron chi connectivity index (χ4n) is 2.48. The standard InChI is InChI=1S/C14H26/c1-4-12(3)10-11-14-9-7-6-8-13(14)5-2/h6,8,12-14H,4-5,7,9-11H2,1-3H3. The fourth-order valence-corrected chi connectivity index (χ4v) is 2.48. The van der Waals surface area contributed by atoms with Crippen molar-refractivity contribution in [1.82, 2.24) is 0 Å². The molecule has 3 atom stereocenters. The van der Waals surface area contributed by atoms with Gasteiger partial charge >= 0.3 is 0 Å². The summed E-state index contributed by atoms with van der Waals surface area (Å²) in [7, 11) is 0. The minimum Gasteiger partial charge on any atom is -0.0882 e. The molecule has 0 aliphatic heterocycles. The van der Waals surface area contributed by atoms with Crippen LogP contribution in [0.15, 0.2) is 12.2 Å². The van der Waals surface area contributed by atoms with E-state index in [9.17, 15) is 0 Å². The van der Waals surface area contributed by atoms with Gasteiger partial charge in [0.05, 0.1) is 0 Å². The van der Waals surface area contributed by atoms with Crippen LogP contribution in [0, 0.1) is 17.8 Å². The van der Waals surface area contributed by atoms with E-state index in [1.54, 1.807) is 0 Å². The lowest BCUT2D eigenvalue weighted by atomic mass is 9.78. The van der Waals surface area contributed by atoms with Gasteiger partial charge < -0.3 is 0 Å². The molecule has 0 saturated carbocycles. The predicted octanol–water partition coefficient (Wildman–Crippen LogP) is 4.81. The number of rotatable bonds is 5. The van der Waals surface area contributed by atoms with Crippen LogP contribution in [0.5, 0.6) is 0 Å². The van der Waals surface area contributed by atoms with Crippen LogP contribution in [-0.4, -0.2) is 0 Å². The first kappa shape index (κ1) is 11.8. The Morgan fingerprint density at radius 3 is 2.79 bits per heavy atom. The van der Waals surface area contributed by atoms with Crippen LogP contribution in [0.2, 0.25) is 0 Å². The number of hydrogen-bond acceptors (Lipinski definition) is 0. The minimum atomic E-state index is 0.882. The van der Waals surface area contributed by atoms with Gasteiger partial charge in [0.1, 0.15) is 0 Å². The second kappa shape index (κ2) is 6.27. The normalized spacial score (nSPS) is 29.1. The average Bonchev–Trinajstić information content (AvgIpc) is 2.26. The molecule has 0 bridgehead atoms. The molecule has 1 aliphatic rings. The summed E-state index contributed by atoms with van der Waals surface area (Å²) in [5, 5.41) is 0. The Morgan fingerprint density at radius 2 is 2.14 bits per heavy atom. The molecule has 0 aromatic heterocycles. The molecule has 0 aromatic rings. The van der Waals surface area contributed by atoms with E-state index in [1.165, 1.54) is 38.5 Å². The van der Waals surface area contributed by atoms with Gasteiger partial charge in [0, 0.05) is 0 Å². The Labute approximate surface area is 89.8 Å². The Bertz CT molecular complexity index is 169. The molecule has 0 heterocycles. The lowest BCUT2D eigenvalue weighted by Crippen LogP contribution is -2.16. The maximum absolute atomic E-state index is 2.46. The third kappa shape index (κ3) is 3.48. The van der Waals surface area contributed by atoms with Crippen LogP contribution in [0.3, 0.4) is 0 Å². The summed E-state index contributed by atoms with van der Waals surface area (Å²) >= 11 is 0. The SMILES string of the molecule is CCC(C)CCC1CCC=CC1CC. The third-order valence-corrected chi connectivity index (χ3v) is 3.89. The minimum absolute atomic E-state index is 0.882. The van der Waals surface area contributed by atoms with Crippen molar-refractivity contribution < 1.29 is 0 Å². The zero-order chi connectivity index (χ0) is 10.4. The molecule has 0 heteroatoms. The van der Waals surface area contributed by atoms with Gasteiger partial charge in [0.2, 0.25) is 0 Å². The van der Waals surface area contributed by atoms with E-state index in [-0.39, 0.29) is 0 Å². The molecule has 1 aliphatic carbocycles. The van der Waals surface area contributed by atoms with Crippen LogP contribution in [0.4, 0.5) is 0 Å². The largest absolute Gasteiger partial charge is 0.0882 e. The lowest BCUT2D eigenvalue weighted by Gasteiger charge is -2.27. The zero-order valence-corrected chi connectivity index (χ0v) is 10.1. The van der Waals surface area contributed by atoms with Crippen molar-refractivity contribution in [2.24, 2.45) is 17.8 Å². The van der Waals surface area contributed by atoms with Gasteiger partial charge in [-0.1, -0.05) is 45.8 Å². The highest BCUT2D eigenvalue weighted by atomic mass is 14.2. The highest BCUT2D eigenvalue weighted by molar-refractivity contribution is 4.96. The van der Waals surface area contributed by atoms with Crippen molar-refractivity contribution in [2.45, 2.75) is 59.3 Å². The van der Waals surface area contributed by atoms with Crippen molar-refractivity contribution in [2.75, 3.05) is 0 Å². The second-order valence-corrected chi connectivity index (χ2v) is 4.93. The van der Waals surface area contributed by atoms with E-state index >= 15 is 0 Å². The van der Waals surface area contributed by atoms with E-state index in [0.29, 0.717) is 0 Å². The van der Waals surface area contributed by atoms with Crippen molar-refractivity contribution in [3.05, 3.63) is 12.2 Å². The van der Waals surface area contributed by atoms with Gasteiger partial charge in [-0.2, -0.15) is 0 Å². The molecule has 82 valence electrons. The van der Waals surface area contributed by atoms with Crippen molar-refractivity contribution >= 4 is 0 Å². The zero-order valence-electron chi connectivity index (χ0n) is 10.1. The average molecular weight is 194 g/mol. The smallest absolute Gasteiger partial charge is 0.0208 e. The maximum atomic E-state index is 2.46. The summed E-state index contributed by atoms with van der Waals surface area (Å²) in [6.07, 6.45) is 13.2. The first-order valence-corrected chi connectivity index (χ1v) is 6.44. The third-order valence-electron chi connectivity index (χ3n) is 3.89. The number of allylic oxidation sites excluding steroid dienone is 2. The van der Waals surface area contributed by atoms with Gasteiger partial charge in [-0.25, -0.2) is 0 Å². The molecule has 0 saturated heterocycles. The van der Waals surface area contributed by atoms with E-state index < -0.39 is 0 Å². The molecule has 1 rings (SSSR count). The van der Waals surface area contributed by atoms with Crippen LogP contribution < -0.4 is 0 Å². The molecule has 0 radical (unpaired) electrons. The molecule has 0 spiro atoms. The van der Waals surface area contributed by atoms with Gasteiger partial charge in [0.15, 0.2) is 0 Å². The maximum Gasteiger partial charge on any atom is -0.0208 e. The molecule has 0 N–H and O–H groups in total.